The Morgan fingerprint density at radius 1 is 1.41 bits per heavy atom. The SMILES string of the molecule is O=C(O)C1=Cc2cc3ncccc3cc2OC1. The van der Waals surface area contributed by atoms with Crippen molar-refractivity contribution in [2.75, 3.05) is 6.61 Å². The maximum atomic E-state index is 10.9. The normalized spacial score (nSPS) is 13.8. The topological polar surface area (TPSA) is 59.4 Å². The zero-order valence-electron chi connectivity index (χ0n) is 8.88. The molecule has 0 bridgehead atoms. The van der Waals surface area contributed by atoms with Gasteiger partial charge >= 0.3 is 5.97 Å². The van der Waals surface area contributed by atoms with Gasteiger partial charge in [-0.15, -0.1) is 0 Å². The molecule has 84 valence electrons. The summed E-state index contributed by atoms with van der Waals surface area (Å²) in [5.74, 6) is -0.243. The van der Waals surface area contributed by atoms with Crippen molar-refractivity contribution in [2.24, 2.45) is 0 Å². The molecule has 4 heteroatoms. The number of hydrogen-bond acceptors (Lipinski definition) is 3. The minimum absolute atomic E-state index is 0.105. The molecule has 0 spiro atoms. The van der Waals surface area contributed by atoms with E-state index >= 15 is 0 Å². The Morgan fingerprint density at radius 3 is 3.12 bits per heavy atom. The Bertz CT molecular complexity index is 646. The number of rotatable bonds is 1. The summed E-state index contributed by atoms with van der Waals surface area (Å²) in [7, 11) is 0. The van der Waals surface area contributed by atoms with Crippen LogP contribution in [0.15, 0.2) is 36.0 Å². The largest absolute Gasteiger partial charge is 0.488 e. The van der Waals surface area contributed by atoms with Crippen LogP contribution in [0.5, 0.6) is 5.75 Å². The van der Waals surface area contributed by atoms with E-state index in [1.54, 1.807) is 12.3 Å². The van der Waals surface area contributed by atoms with Gasteiger partial charge in [-0.25, -0.2) is 4.79 Å². The molecule has 2 heterocycles. The minimum atomic E-state index is -0.947. The van der Waals surface area contributed by atoms with Crippen LogP contribution in [-0.2, 0) is 4.79 Å². The van der Waals surface area contributed by atoms with E-state index in [0.717, 1.165) is 16.5 Å². The van der Waals surface area contributed by atoms with Gasteiger partial charge in [0.25, 0.3) is 0 Å². The molecular formula is C13H9NO3. The van der Waals surface area contributed by atoms with Crippen LogP contribution in [0, 0.1) is 0 Å². The third kappa shape index (κ3) is 1.63. The highest BCUT2D eigenvalue weighted by Crippen LogP contribution is 2.30. The standard InChI is InChI=1S/C13H9NO3/c15-13(16)10-4-9-5-11-8(2-1-3-14-11)6-12(9)17-7-10/h1-6H,7H2,(H,15,16). The second-order valence-corrected chi connectivity index (χ2v) is 3.85. The highest BCUT2D eigenvalue weighted by atomic mass is 16.5. The summed E-state index contributed by atoms with van der Waals surface area (Å²) in [5, 5.41) is 9.90. The lowest BCUT2D eigenvalue weighted by molar-refractivity contribution is -0.132. The third-order valence-corrected chi connectivity index (χ3v) is 2.72. The molecule has 0 saturated heterocycles. The lowest BCUT2D eigenvalue weighted by Gasteiger charge is -2.16. The van der Waals surface area contributed by atoms with Gasteiger partial charge in [0.15, 0.2) is 0 Å². The first kappa shape index (κ1) is 9.84. The molecule has 4 nitrogen and oxygen atoms in total. The molecule has 2 aromatic rings. The van der Waals surface area contributed by atoms with E-state index in [4.69, 9.17) is 9.84 Å². The van der Waals surface area contributed by atoms with Crippen LogP contribution in [0.4, 0.5) is 0 Å². The van der Waals surface area contributed by atoms with E-state index in [2.05, 4.69) is 4.98 Å². The van der Waals surface area contributed by atoms with Crippen molar-refractivity contribution in [2.45, 2.75) is 0 Å². The highest BCUT2D eigenvalue weighted by molar-refractivity contribution is 5.95. The first-order chi connectivity index (χ1) is 8.24. The third-order valence-electron chi connectivity index (χ3n) is 2.72. The zero-order valence-corrected chi connectivity index (χ0v) is 8.88. The minimum Gasteiger partial charge on any atom is -0.488 e. The molecule has 3 rings (SSSR count). The summed E-state index contributed by atoms with van der Waals surface area (Å²) in [6.45, 7) is 0.105. The van der Waals surface area contributed by atoms with E-state index in [1.807, 2.05) is 24.3 Å². The highest BCUT2D eigenvalue weighted by Gasteiger charge is 2.16. The fraction of sp³-hybridized carbons (Fsp3) is 0.0769. The maximum Gasteiger partial charge on any atom is 0.335 e. The van der Waals surface area contributed by atoms with Gasteiger partial charge in [-0.3, -0.25) is 4.98 Å². The lowest BCUT2D eigenvalue weighted by Crippen LogP contribution is -2.14. The summed E-state index contributed by atoms with van der Waals surface area (Å²) in [5.41, 5.74) is 1.85. The first-order valence-corrected chi connectivity index (χ1v) is 5.19. The first-order valence-electron chi connectivity index (χ1n) is 5.19. The quantitative estimate of drug-likeness (QED) is 0.810. The molecule has 0 saturated carbocycles. The molecule has 1 aromatic heterocycles. The Hall–Kier alpha value is -2.36. The second-order valence-electron chi connectivity index (χ2n) is 3.85. The van der Waals surface area contributed by atoms with Crippen molar-refractivity contribution in [3.63, 3.8) is 0 Å². The van der Waals surface area contributed by atoms with Crippen LogP contribution in [-0.4, -0.2) is 22.7 Å². The molecule has 1 aromatic carbocycles. The summed E-state index contributed by atoms with van der Waals surface area (Å²) >= 11 is 0. The Morgan fingerprint density at radius 2 is 2.29 bits per heavy atom. The van der Waals surface area contributed by atoms with E-state index in [-0.39, 0.29) is 12.2 Å². The smallest absolute Gasteiger partial charge is 0.335 e. The molecule has 1 N–H and O–H groups in total. The lowest BCUT2D eigenvalue weighted by atomic mass is 10.0. The summed E-state index contributed by atoms with van der Waals surface area (Å²) in [6.07, 6.45) is 3.34. The number of hydrogen-bond donors (Lipinski definition) is 1. The summed E-state index contributed by atoms with van der Waals surface area (Å²) < 4.78 is 5.43. The molecule has 0 atom stereocenters. The van der Waals surface area contributed by atoms with E-state index < -0.39 is 5.97 Å². The number of ether oxygens (including phenoxy) is 1. The molecule has 0 fully saturated rings. The van der Waals surface area contributed by atoms with Gasteiger partial charge in [-0.05, 0) is 24.3 Å². The fourth-order valence-corrected chi connectivity index (χ4v) is 1.86. The zero-order chi connectivity index (χ0) is 11.8. The van der Waals surface area contributed by atoms with E-state index in [0.29, 0.717) is 5.75 Å². The number of carboxylic acids is 1. The van der Waals surface area contributed by atoms with Gasteiger partial charge in [0.1, 0.15) is 12.4 Å². The number of pyridine rings is 1. The molecule has 0 amide bonds. The molecule has 17 heavy (non-hydrogen) atoms. The van der Waals surface area contributed by atoms with Crippen LogP contribution in [0.25, 0.3) is 17.0 Å². The van der Waals surface area contributed by atoms with Gasteiger partial charge in [0.05, 0.1) is 11.1 Å². The van der Waals surface area contributed by atoms with Crippen LogP contribution in [0.3, 0.4) is 0 Å². The molecule has 1 aliphatic heterocycles. The number of fused-ring (bicyclic) bond motifs is 2. The summed E-state index contributed by atoms with van der Waals surface area (Å²) in [4.78, 5) is 15.1. The predicted octanol–water partition coefficient (Wildman–Crippen LogP) is 2.10. The maximum absolute atomic E-state index is 10.9. The van der Waals surface area contributed by atoms with E-state index in [9.17, 15) is 4.79 Å². The number of nitrogens with zero attached hydrogens (tertiary/aromatic N) is 1. The Labute approximate surface area is 97.2 Å². The van der Waals surface area contributed by atoms with Crippen molar-refractivity contribution >= 4 is 22.9 Å². The average Bonchev–Trinajstić information content (AvgIpc) is 2.35. The molecule has 1 aliphatic rings. The molecule has 0 unspecified atom stereocenters. The van der Waals surface area contributed by atoms with Gasteiger partial charge < -0.3 is 9.84 Å². The number of aromatic nitrogens is 1. The van der Waals surface area contributed by atoms with Crippen molar-refractivity contribution in [1.82, 2.24) is 4.98 Å². The monoisotopic (exact) mass is 227 g/mol. The second kappa shape index (κ2) is 3.59. The average molecular weight is 227 g/mol. The number of benzene rings is 1. The van der Waals surface area contributed by atoms with Gasteiger partial charge in [0.2, 0.25) is 0 Å². The Balaban J connectivity index is 2.20. The number of carboxylic acid groups (broad SMARTS) is 1. The number of carbonyl (C=O) groups is 1. The van der Waals surface area contributed by atoms with Gasteiger partial charge in [-0.2, -0.15) is 0 Å². The van der Waals surface area contributed by atoms with Crippen molar-refractivity contribution < 1.29 is 14.6 Å². The molecule has 0 aliphatic carbocycles. The van der Waals surface area contributed by atoms with Gasteiger partial charge in [0, 0.05) is 17.1 Å². The Kier molecular flexibility index (Phi) is 2.08. The molecule has 0 radical (unpaired) electrons. The van der Waals surface area contributed by atoms with E-state index in [1.165, 1.54) is 0 Å². The van der Waals surface area contributed by atoms with Crippen LogP contribution < -0.4 is 4.74 Å². The van der Waals surface area contributed by atoms with Crippen LogP contribution in [0.2, 0.25) is 0 Å². The van der Waals surface area contributed by atoms with Crippen molar-refractivity contribution in [3.05, 3.63) is 41.6 Å². The summed E-state index contributed by atoms with van der Waals surface area (Å²) in [6, 6.07) is 7.53. The number of aliphatic carboxylic acids is 1. The van der Waals surface area contributed by atoms with Crippen molar-refractivity contribution in [3.8, 4) is 5.75 Å². The fourth-order valence-electron chi connectivity index (χ4n) is 1.86. The van der Waals surface area contributed by atoms with Gasteiger partial charge in [-0.1, -0.05) is 6.07 Å². The van der Waals surface area contributed by atoms with Crippen LogP contribution >= 0.6 is 0 Å². The van der Waals surface area contributed by atoms with Crippen LogP contribution in [0.1, 0.15) is 5.56 Å². The van der Waals surface area contributed by atoms with Crippen molar-refractivity contribution in [1.29, 1.82) is 0 Å². The molecular weight excluding hydrogens is 218 g/mol. The predicted molar refractivity (Wildman–Crippen MR) is 62.9 cm³/mol.